The summed E-state index contributed by atoms with van der Waals surface area (Å²) in [6.07, 6.45) is 3.30. The first-order chi connectivity index (χ1) is 13.8. The largest absolute Gasteiger partial charge is 0.328 e. The first-order valence-corrected chi connectivity index (χ1v) is 11.4. The predicted molar refractivity (Wildman–Crippen MR) is 112 cm³/mol. The molecule has 0 radical (unpaired) electrons. The molecule has 3 aromatic heterocycles. The third kappa shape index (κ3) is 3.38. The number of hydrogen-bond acceptors (Lipinski definition) is 7. The van der Waals surface area contributed by atoms with Gasteiger partial charge in [-0.05, 0) is 25.1 Å². The number of benzene rings is 1. The lowest BCUT2D eigenvalue weighted by Crippen LogP contribution is -2.22. The van der Waals surface area contributed by atoms with Crippen molar-refractivity contribution in [3.05, 3.63) is 36.5 Å². The summed E-state index contributed by atoms with van der Waals surface area (Å²) in [6.45, 7) is 2.78. The maximum atomic E-state index is 12.4. The molecule has 0 atom stereocenters. The van der Waals surface area contributed by atoms with Crippen LogP contribution in [0.4, 0.5) is 0 Å². The summed E-state index contributed by atoms with van der Waals surface area (Å²) >= 11 is 1.56. The van der Waals surface area contributed by atoms with Crippen molar-refractivity contribution in [2.45, 2.75) is 29.1 Å². The van der Waals surface area contributed by atoms with E-state index in [0.29, 0.717) is 11.3 Å². The van der Waals surface area contributed by atoms with Crippen molar-refractivity contribution in [2.24, 2.45) is 7.05 Å². The molecule has 0 unspecified atom stereocenters. The summed E-state index contributed by atoms with van der Waals surface area (Å²) in [5.41, 5.74) is 2.36. The van der Waals surface area contributed by atoms with Crippen molar-refractivity contribution in [3.8, 4) is 0 Å². The lowest BCUT2D eigenvalue weighted by Gasteiger charge is -2.11. The monoisotopic (exact) mass is 431 g/mol. The van der Waals surface area contributed by atoms with E-state index < -0.39 is 10.0 Å². The van der Waals surface area contributed by atoms with Crippen LogP contribution in [0, 0.1) is 0 Å². The molecule has 11 heteroatoms. The molecule has 0 spiro atoms. The Morgan fingerprint density at radius 1 is 1.21 bits per heavy atom. The van der Waals surface area contributed by atoms with Crippen LogP contribution in [0.1, 0.15) is 12.7 Å². The molecule has 0 bridgehead atoms. The summed E-state index contributed by atoms with van der Waals surface area (Å²) in [6, 6.07) is 5.08. The van der Waals surface area contributed by atoms with Crippen molar-refractivity contribution >= 4 is 43.9 Å². The van der Waals surface area contributed by atoms with Crippen molar-refractivity contribution in [1.29, 1.82) is 0 Å². The van der Waals surface area contributed by atoms with Gasteiger partial charge in [0.25, 0.3) is 0 Å². The molecule has 0 amide bonds. The van der Waals surface area contributed by atoms with E-state index in [9.17, 15) is 8.42 Å². The van der Waals surface area contributed by atoms with Gasteiger partial charge in [-0.1, -0.05) is 11.8 Å². The van der Waals surface area contributed by atoms with E-state index >= 15 is 0 Å². The lowest BCUT2D eigenvalue weighted by molar-refractivity contribution is 0.521. The maximum Gasteiger partial charge on any atom is 0.242 e. The van der Waals surface area contributed by atoms with Gasteiger partial charge in [0.15, 0.2) is 5.65 Å². The quantitative estimate of drug-likeness (QED) is 0.341. The number of hydrogen-bond donors (Lipinski definition) is 0. The molecule has 0 aliphatic heterocycles. The topological polar surface area (TPSA) is 98.8 Å². The smallest absolute Gasteiger partial charge is 0.242 e. The van der Waals surface area contributed by atoms with Gasteiger partial charge >= 0.3 is 0 Å². The van der Waals surface area contributed by atoms with E-state index in [1.54, 1.807) is 34.8 Å². The van der Waals surface area contributed by atoms with E-state index in [0.717, 1.165) is 33.9 Å². The predicted octanol–water partition coefficient (Wildman–Crippen LogP) is 2.28. The third-order valence-corrected chi connectivity index (χ3v) is 7.54. The molecule has 4 aromatic rings. The number of imidazole rings is 1. The molecule has 0 saturated heterocycles. The molecule has 0 aliphatic rings. The fourth-order valence-electron chi connectivity index (χ4n) is 3.18. The number of thioether (sulfide) groups is 1. The molecule has 29 heavy (non-hydrogen) atoms. The zero-order valence-corrected chi connectivity index (χ0v) is 18.2. The molecule has 0 saturated carbocycles. The molecule has 9 nitrogen and oxygen atoms in total. The summed E-state index contributed by atoms with van der Waals surface area (Å²) in [4.78, 5) is 13.6. The standard InChI is InChI=1S/C18H21N7O2S2/c1-5-25-15-7-6-12(29(26,27)23(2)3)8-14(15)22-16(25)10-28-18-13-9-21-24(4)17(13)19-11-20-18/h6-9,11H,5,10H2,1-4H3. The fraction of sp³-hybridized carbons (Fsp3) is 0.333. The Kier molecular flexibility index (Phi) is 5.05. The van der Waals surface area contributed by atoms with Crippen LogP contribution < -0.4 is 0 Å². The van der Waals surface area contributed by atoms with Crippen molar-refractivity contribution in [2.75, 3.05) is 14.1 Å². The van der Waals surface area contributed by atoms with E-state index in [1.807, 2.05) is 20.0 Å². The number of fused-ring (bicyclic) bond motifs is 2. The van der Waals surface area contributed by atoms with E-state index in [-0.39, 0.29) is 4.90 Å². The van der Waals surface area contributed by atoms with E-state index in [1.165, 1.54) is 24.7 Å². The average Bonchev–Trinajstić information content (AvgIpc) is 3.26. The molecule has 1 aromatic carbocycles. The number of sulfonamides is 1. The Balaban J connectivity index is 1.70. The summed E-state index contributed by atoms with van der Waals surface area (Å²) < 4.78 is 29.9. The van der Waals surface area contributed by atoms with E-state index in [2.05, 4.69) is 19.6 Å². The Labute approximate surface area is 172 Å². The van der Waals surface area contributed by atoms with Gasteiger partial charge in [-0.2, -0.15) is 5.10 Å². The minimum absolute atomic E-state index is 0.239. The van der Waals surface area contributed by atoms with Crippen molar-refractivity contribution in [1.82, 2.24) is 33.6 Å². The van der Waals surface area contributed by atoms with Crippen LogP contribution in [-0.2, 0) is 29.4 Å². The summed E-state index contributed by atoms with van der Waals surface area (Å²) in [5, 5.41) is 5.99. The minimum atomic E-state index is -3.50. The number of aromatic nitrogens is 6. The zero-order chi connectivity index (χ0) is 20.8. The highest BCUT2D eigenvalue weighted by Gasteiger charge is 2.20. The molecular weight excluding hydrogens is 410 g/mol. The van der Waals surface area contributed by atoms with Gasteiger partial charge in [-0.15, -0.1) is 0 Å². The van der Waals surface area contributed by atoms with Gasteiger partial charge in [0.1, 0.15) is 17.2 Å². The maximum absolute atomic E-state index is 12.4. The Bertz CT molecular complexity index is 1310. The molecule has 0 N–H and O–H groups in total. The highest BCUT2D eigenvalue weighted by atomic mass is 32.2. The third-order valence-electron chi connectivity index (χ3n) is 4.72. The molecule has 0 aliphatic carbocycles. The SMILES string of the molecule is CCn1c(CSc2ncnc3c2cnn3C)nc2cc(S(=O)(=O)N(C)C)ccc21. The summed E-state index contributed by atoms with van der Waals surface area (Å²) in [5.74, 6) is 1.46. The zero-order valence-electron chi connectivity index (χ0n) is 16.6. The van der Waals surface area contributed by atoms with Crippen LogP contribution in [0.15, 0.2) is 40.6 Å². The first-order valence-electron chi connectivity index (χ1n) is 9.00. The second-order valence-corrected chi connectivity index (χ2v) is 9.80. The summed E-state index contributed by atoms with van der Waals surface area (Å²) in [7, 11) is 1.39. The van der Waals surface area contributed by atoms with Crippen LogP contribution in [0.2, 0.25) is 0 Å². The van der Waals surface area contributed by atoms with Crippen molar-refractivity contribution < 1.29 is 8.42 Å². The second-order valence-electron chi connectivity index (χ2n) is 6.68. The van der Waals surface area contributed by atoms with Crippen molar-refractivity contribution in [3.63, 3.8) is 0 Å². The number of rotatable bonds is 6. The van der Waals surface area contributed by atoms with Crippen LogP contribution in [-0.4, -0.2) is 56.1 Å². The number of aryl methyl sites for hydroxylation is 2. The van der Waals surface area contributed by atoms with Gasteiger partial charge < -0.3 is 4.57 Å². The van der Waals surface area contributed by atoms with Gasteiger partial charge in [0.05, 0.1) is 33.3 Å². The average molecular weight is 432 g/mol. The fourth-order valence-corrected chi connectivity index (χ4v) is 5.01. The number of nitrogens with zero attached hydrogens (tertiary/aromatic N) is 7. The van der Waals surface area contributed by atoms with Gasteiger partial charge in [0, 0.05) is 27.7 Å². The highest BCUT2D eigenvalue weighted by Crippen LogP contribution is 2.29. The molecule has 3 heterocycles. The molecule has 152 valence electrons. The van der Waals surface area contributed by atoms with Crippen LogP contribution in [0.3, 0.4) is 0 Å². The molecule has 4 rings (SSSR count). The minimum Gasteiger partial charge on any atom is -0.328 e. The Morgan fingerprint density at radius 2 is 2.00 bits per heavy atom. The van der Waals surface area contributed by atoms with Gasteiger partial charge in [-0.3, -0.25) is 4.68 Å². The Hall–Kier alpha value is -2.50. The van der Waals surface area contributed by atoms with Crippen LogP contribution >= 0.6 is 11.8 Å². The second kappa shape index (κ2) is 7.39. The molecule has 0 fully saturated rings. The van der Waals surface area contributed by atoms with E-state index in [4.69, 9.17) is 4.98 Å². The lowest BCUT2D eigenvalue weighted by atomic mass is 10.3. The van der Waals surface area contributed by atoms with Gasteiger partial charge in [0.2, 0.25) is 10.0 Å². The van der Waals surface area contributed by atoms with Gasteiger partial charge in [-0.25, -0.2) is 27.7 Å². The Morgan fingerprint density at radius 3 is 2.72 bits per heavy atom. The molecular formula is C18H21N7O2S2. The first kappa shape index (κ1) is 19.8. The normalized spacial score (nSPS) is 12.4. The van der Waals surface area contributed by atoms with Crippen LogP contribution in [0.25, 0.3) is 22.1 Å². The van der Waals surface area contributed by atoms with Crippen LogP contribution in [0.5, 0.6) is 0 Å². The highest BCUT2D eigenvalue weighted by molar-refractivity contribution is 7.98.